The molecule has 0 saturated carbocycles. The number of nitrogens with one attached hydrogen (secondary N) is 2. The summed E-state index contributed by atoms with van der Waals surface area (Å²) in [6.07, 6.45) is -7.20. The van der Waals surface area contributed by atoms with Gasteiger partial charge in [-0.1, -0.05) is 30.3 Å². The smallest absolute Gasteiger partial charge is 0.408 e. The van der Waals surface area contributed by atoms with Crippen LogP contribution < -0.4 is 10.6 Å². The first-order chi connectivity index (χ1) is 18.0. The Morgan fingerprint density at radius 2 is 1.82 bits per heavy atom. The Hall–Kier alpha value is -3.50. The molecule has 38 heavy (non-hydrogen) atoms. The molecule has 1 aromatic rings. The van der Waals surface area contributed by atoms with Gasteiger partial charge < -0.3 is 40.9 Å². The molecule has 1 saturated heterocycles. The minimum Gasteiger partial charge on any atom is -0.477 e. The number of carbonyl (C=O) groups is 5. The molecule has 1 aromatic carbocycles. The van der Waals surface area contributed by atoms with Crippen LogP contribution in [0.25, 0.3) is 0 Å². The minimum atomic E-state index is -2.15. The lowest BCUT2D eigenvalue weighted by Crippen LogP contribution is -2.71. The number of fused-ring (bicyclic) bond motifs is 1. The Balaban J connectivity index is 1.66. The van der Waals surface area contributed by atoms with E-state index in [9.17, 15) is 44.4 Å². The molecule has 6 atom stereocenters. The van der Waals surface area contributed by atoms with E-state index in [1.54, 1.807) is 25.1 Å². The highest BCUT2D eigenvalue weighted by Gasteiger charge is 2.54. The molecule has 14 nitrogen and oxygen atoms in total. The zero-order chi connectivity index (χ0) is 28.1. The van der Waals surface area contributed by atoms with Crippen LogP contribution in [0, 0.1) is 0 Å². The molecular weight excluding hydrogens is 526 g/mol. The van der Waals surface area contributed by atoms with Crippen LogP contribution in [0.2, 0.25) is 0 Å². The van der Waals surface area contributed by atoms with E-state index in [0.717, 1.165) is 4.90 Å². The van der Waals surface area contributed by atoms with Gasteiger partial charge >= 0.3 is 12.1 Å². The molecule has 206 valence electrons. The van der Waals surface area contributed by atoms with Gasteiger partial charge in [0.25, 0.3) is 5.91 Å². The number of aliphatic hydroxyl groups excluding tert-OH is 4. The Kier molecular flexibility index (Phi) is 9.45. The molecule has 3 amide bonds. The van der Waals surface area contributed by atoms with Crippen LogP contribution >= 0.6 is 11.8 Å². The fraction of sp³-hybridized carbons (Fsp3) is 0.435. The van der Waals surface area contributed by atoms with Gasteiger partial charge in [-0.3, -0.25) is 19.3 Å². The number of hydrogen-bond acceptors (Lipinski definition) is 11. The van der Waals surface area contributed by atoms with Gasteiger partial charge in [-0.25, -0.2) is 9.59 Å². The lowest BCUT2D eigenvalue weighted by Gasteiger charge is -2.49. The summed E-state index contributed by atoms with van der Waals surface area (Å²) in [5.41, 5.74) is 0.687. The third-order valence-corrected chi connectivity index (χ3v) is 7.32. The van der Waals surface area contributed by atoms with Crippen LogP contribution in [0.3, 0.4) is 0 Å². The van der Waals surface area contributed by atoms with Gasteiger partial charge in [0.15, 0.2) is 6.61 Å². The van der Waals surface area contributed by atoms with Crippen molar-refractivity contribution in [3.63, 3.8) is 0 Å². The Morgan fingerprint density at radius 3 is 2.42 bits per heavy atom. The maximum Gasteiger partial charge on any atom is 0.408 e. The van der Waals surface area contributed by atoms with Crippen LogP contribution in [0.5, 0.6) is 0 Å². The molecule has 15 heteroatoms. The Morgan fingerprint density at radius 1 is 1.16 bits per heavy atom. The normalized spacial score (nSPS) is 21.8. The summed E-state index contributed by atoms with van der Waals surface area (Å²) < 4.78 is 4.75. The van der Waals surface area contributed by atoms with Crippen molar-refractivity contribution in [2.45, 2.75) is 42.7 Å². The number of ether oxygens (including phenoxy) is 1. The van der Waals surface area contributed by atoms with Gasteiger partial charge in [-0.15, -0.1) is 11.8 Å². The number of hydrogen-bond donors (Lipinski definition) is 7. The zero-order valence-electron chi connectivity index (χ0n) is 20.0. The molecule has 0 spiro atoms. The van der Waals surface area contributed by atoms with Gasteiger partial charge in [0.05, 0.1) is 6.61 Å². The van der Waals surface area contributed by atoms with Crippen LogP contribution in [-0.4, -0.2) is 109 Å². The van der Waals surface area contributed by atoms with Crippen LogP contribution in [0.1, 0.15) is 18.5 Å². The molecule has 1 fully saturated rings. The molecule has 0 aliphatic carbocycles. The summed E-state index contributed by atoms with van der Waals surface area (Å²) in [6.45, 7) is -0.343. The summed E-state index contributed by atoms with van der Waals surface area (Å²) in [5, 5.41) is 51.1. The monoisotopic (exact) mass is 553 g/mol. The van der Waals surface area contributed by atoms with E-state index in [1.165, 1.54) is 23.9 Å². The first kappa shape index (κ1) is 29.1. The van der Waals surface area contributed by atoms with E-state index < -0.39 is 78.6 Å². The second kappa shape index (κ2) is 12.4. The van der Waals surface area contributed by atoms with Crippen molar-refractivity contribution in [1.29, 1.82) is 0 Å². The number of thioether (sulfide) groups is 1. The number of alkyl carbamates (subject to hydrolysis) is 1. The number of amides is 3. The molecule has 0 aromatic heterocycles. The van der Waals surface area contributed by atoms with Crippen molar-refractivity contribution in [2.24, 2.45) is 0 Å². The fourth-order valence-corrected chi connectivity index (χ4v) is 5.14. The predicted molar refractivity (Wildman–Crippen MR) is 129 cm³/mol. The van der Waals surface area contributed by atoms with E-state index in [4.69, 9.17) is 9.84 Å². The molecule has 2 aliphatic rings. The standard InChI is InChI=1S/C23H27N3O11S/c1-10-9-38-21-15(20(33)26(21)16(10)22(34)35)24-19(32)14(11-5-3-2-4-6-11)25-23(36)37-8-13(29)18(31)17(30)12(28)7-27/h2-6,12,14-15,17-18,21,27-28,30-31H,7-9H2,1H3,(H,24,32)(H,25,36)(H,34,35)/t12-,14?,15?,17+,18-,21?/m0/s1. The van der Waals surface area contributed by atoms with Crippen molar-refractivity contribution >= 4 is 41.4 Å². The van der Waals surface area contributed by atoms with Crippen LogP contribution in [-0.2, 0) is 23.9 Å². The number of β-lactam (4-membered cyclic amide) rings is 1. The number of ketones is 1. The number of carbonyl (C=O) groups excluding carboxylic acids is 4. The molecule has 3 rings (SSSR count). The van der Waals surface area contributed by atoms with E-state index in [-0.39, 0.29) is 5.70 Å². The van der Waals surface area contributed by atoms with Crippen molar-refractivity contribution in [3.05, 3.63) is 47.2 Å². The maximum atomic E-state index is 13.1. The number of nitrogens with zero attached hydrogens (tertiary/aromatic N) is 1. The van der Waals surface area contributed by atoms with Crippen molar-refractivity contribution in [2.75, 3.05) is 19.0 Å². The number of Topliss-reactive ketones (excluding diaryl/α,β-unsaturated/α-hetero) is 1. The predicted octanol–water partition coefficient (Wildman–Crippen LogP) is -2.14. The quantitative estimate of drug-likeness (QED) is 0.146. The number of rotatable bonds is 11. The first-order valence-corrected chi connectivity index (χ1v) is 12.4. The molecule has 7 N–H and O–H groups in total. The first-order valence-electron chi connectivity index (χ1n) is 11.3. The molecule has 3 unspecified atom stereocenters. The Bertz CT molecular complexity index is 1130. The zero-order valence-corrected chi connectivity index (χ0v) is 20.8. The summed E-state index contributed by atoms with van der Waals surface area (Å²) in [7, 11) is 0. The number of aliphatic hydroxyl groups is 4. The van der Waals surface area contributed by atoms with Gasteiger partial charge in [0, 0.05) is 5.75 Å². The second-order valence-corrected chi connectivity index (χ2v) is 9.65. The third kappa shape index (κ3) is 6.14. The topological polar surface area (TPSA) is 223 Å². The van der Waals surface area contributed by atoms with Crippen molar-refractivity contribution in [3.8, 4) is 0 Å². The summed E-state index contributed by atoms with van der Waals surface area (Å²) in [5.74, 6) is -3.50. The second-order valence-electron chi connectivity index (χ2n) is 8.55. The van der Waals surface area contributed by atoms with Crippen molar-refractivity contribution < 1.29 is 54.2 Å². The molecule has 2 aliphatic heterocycles. The summed E-state index contributed by atoms with van der Waals surface area (Å²) in [6, 6.07) is 5.46. The van der Waals surface area contributed by atoms with Gasteiger partial charge in [-0.2, -0.15) is 0 Å². The van der Waals surface area contributed by atoms with E-state index >= 15 is 0 Å². The molecule has 0 bridgehead atoms. The minimum absolute atomic E-state index is 0.131. The lowest BCUT2D eigenvalue weighted by atomic mass is 10.0. The van der Waals surface area contributed by atoms with E-state index in [1.807, 2.05) is 0 Å². The number of benzene rings is 1. The highest BCUT2D eigenvalue weighted by molar-refractivity contribution is 8.00. The van der Waals surface area contributed by atoms with Crippen LogP contribution in [0.15, 0.2) is 41.6 Å². The molecule has 0 radical (unpaired) electrons. The lowest BCUT2D eigenvalue weighted by molar-refractivity contribution is -0.151. The SMILES string of the molecule is CC1=C(C(=O)O)N2C(=O)C(NC(=O)C(NC(=O)OCC(=O)[C@H](O)[C@H](O)[C@@H](O)CO)c3ccccc3)C2SC1. The highest BCUT2D eigenvalue weighted by Crippen LogP contribution is 2.40. The highest BCUT2D eigenvalue weighted by atomic mass is 32.2. The van der Waals surface area contributed by atoms with E-state index in [0.29, 0.717) is 16.9 Å². The average molecular weight is 554 g/mol. The summed E-state index contributed by atoms with van der Waals surface area (Å²) in [4.78, 5) is 62.9. The number of carboxylic acids is 1. The maximum absolute atomic E-state index is 13.1. The van der Waals surface area contributed by atoms with E-state index in [2.05, 4.69) is 10.6 Å². The van der Waals surface area contributed by atoms with Crippen LogP contribution in [0.4, 0.5) is 4.79 Å². The third-order valence-electron chi connectivity index (χ3n) is 5.90. The Labute approximate surface area is 220 Å². The fourth-order valence-electron chi connectivity index (χ4n) is 3.85. The molecular formula is C23H27N3O11S. The average Bonchev–Trinajstić information content (AvgIpc) is 2.91. The molecule has 2 heterocycles. The van der Waals surface area contributed by atoms with Gasteiger partial charge in [-0.05, 0) is 18.1 Å². The number of carboxylic acid groups (broad SMARTS) is 1. The largest absolute Gasteiger partial charge is 0.477 e. The van der Waals surface area contributed by atoms with Crippen molar-refractivity contribution in [1.82, 2.24) is 15.5 Å². The van der Waals surface area contributed by atoms with Gasteiger partial charge in [0.2, 0.25) is 11.7 Å². The number of aliphatic carboxylic acids is 1. The van der Waals surface area contributed by atoms with Gasteiger partial charge in [0.1, 0.15) is 41.5 Å². The summed E-state index contributed by atoms with van der Waals surface area (Å²) >= 11 is 1.28.